The average Bonchev–Trinajstić information content (AvgIpc) is 3.30. The third kappa shape index (κ3) is 3.37. The number of carbonyl (C=O) groups is 1. The van der Waals surface area contributed by atoms with Gasteiger partial charge in [-0.25, -0.2) is 4.39 Å². The van der Waals surface area contributed by atoms with Crippen molar-refractivity contribution >= 4 is 17.2 Å². The van der Waals surface area contributed by atoms with Gasteiger partial charge in [-0.15, -0.1) is 11.3 Å². The minimum atomic E-state index is -0.248. The van der Waals surface area contributed by atoms with E-state index < -0.39 is 0 Å². The Kier molecular flexibility index (Phi) is 4.37. The molecule has 126 valence electrons. The maximum Gasteiger partial charge on any atom is 0.275 e. The molecule has 4 rings (SSSR count). The molecule has 2 aliphatic rings. The van der Waals surface area contributed by atoms with E-state index in [-0.39, 0.29) is 11.7 Å². The molecule has 2 heterocycles. The number of thiophene rings is 1. The zero-order valence-corrected chi connectivity index (χ0v) is 14.4. The van der Waals surface area contributed by atoms with Gasteiger partial charge in [0.15, 0.2) is 6.54 Å². The second-order valence-corrected chi connectivity index (χ2v) is 7.85. The first-order chi connectivity index (χ1) is 11.7. The van der Waals surface area contributed by atoms with Crippen molar-refractivity contribution in [1.82, 2.24) is 5.32 Å². The van der Waals surface area contributed by atoms with Crippen LogP contribution in [0.15, 0.2) is 35.7 Å². The molecule has 24 heavy (non-hydrogen) atoms. The first-order valence-electron chi connectivity index (χ1n) is 8.62. The minimum absolute atomic E-state index is 0.0821. The molecule has 0 saturated heterocycles. The lowest BCUT2D eigenvalue weighted by molar-refractivity contribution is -0.928. The number of hydrogen-bond donors (Lipinski definition) is 2. The SMILES string of the molecule is O=C(C[NH+]1CCc2sccc2[C@@H]1C1CC1)NCc1ccc(F)cc1. The van der Waals surface area contributed by atoms with Crippen LogP contribution < -0.4 is 10.2 Å². The molecule has 1 aliphatic heterocycles. The molecule has 2 N–H and O–H groups in total. The predicted molar refractivity (Wildman–Crippen MR) is 92.4 cm³/mol. The summed E-state index contributed by atoms with van der Waals surface area (Å²) < 4.78 is 12.9. The molecule has 5 heteroatoms. The summed E-state index contributed by atoms with van der Waals surface area (Å²) in [6, 6.07) is 9.05. The van der Waals surface area contributed by atoms with Crippen LogP contribution in [0.25, 0.3) is 0 Å². The van der Waals surface area contributed by atoms with Gasteiger partial charge in [-0.2, -0.15) is 0 Å². The number of quaternary nitrogens is 1. The van der Waals surface area contributed by atoms with Gasteiger partial charge >= 0.3 is 0 Å². The number of carbonyl (C=O) groups excluding carboxylic acids is 1. The van der Waals surface area contributed by atoms with E-state index in [4.69, 9.17) is 0 Å². The van der Waals surface area contributed by atoms with E-state index in [1.165, 1.54) is 40.3 Å². The van der Waals surface area contributed by atoms with Crippen molar-refractivity contribution in [3.8, 4) is 0 Å². The molecule has 1 unspecified atom stereocenters. The average molecular weight is 345 g/mol. The fourth-order valence-electron chi connectivity index (χ4n) is 3.77. The van der Waals surface area contributed by atoms with Crippen LogP contribution >= 0.6 is 11.3 Å². The van der Waals surface area contributed by atoms with Gasteiger partial charge < -0.3 is 10.2 Å². The molecule has 1 amide bonds. The highest BCUT2D eigenvalue weighted by molar-refractivity contribution is 7.10. The number of nitrogens with one attached hydrogen (secondary N) is 2. The first-order valence-corrected chi connectivity index (χ1v) is 9.50. The van der Waals surface area contributed by atoms with Gasteiger partial charge in [0.2, 0.25) is 0 Å². The van der Waals surface area contributed by atoms with Crippen molar-refractivity contribution in [3.05, 3.63) is 57.5 Å². The normalized spacial score (nSPS) is 22.9. The number of rotatable bonds is 5. The number of fused-ring (bicyclic) bond motifs is 1. The molecule has 2 aromatic rings. The number of benzene rings is 1. The second-order valence-electron chi connectivity index (χ2n) is 6.85. The molecular weight excluding hydrogens is 323 g/mol. The summed E-state index contributed by atoms with van der Waals surface area (Å²) in [5.41, 5.74) is 2.41. The van der Waals surface area contributed by atoms with Gasteiger partial charge in [-0.3, -0.25) is 4.79 Å². The van der Waals surface area contributed by atoms with Crippen LogP contribution in [0.1, 0.15) is 34.9 Å². The van der Waals surface area contributed by atoms with Gasteiger partial charge in [-0.05, 0) is 42.0 Å². The Labute approximate surface area is 145 Å². The quantitative estimate of drug-likeness (QED) is 0.855. The molecule has 2 atom stereocenters. The second kappa shape index (κ2) is 6.65. The van der Waals surface area contributed by atoms with Crippen molar-refractivity contribution in [2.45, 2.75) is 31.8 Å². The lowest BCUT2D eigenvalue weighted by atomic mass is 9.96. The highest BCUT2D eigenvalue weighted by Crippen LogP contribution is 2.42. The fourth-order valence-corrected chi connectivity index (χ4v) is 4.70. The van der Waals surface area contributed by atoms with E-state index in [0.29, 0.717) is 19.1 Å². The van der Waals surface area contributed by atoms with E-state index >= 15 is 0 Å². The van der Waals surface area contributed by atoms with E-state index in [9.17, 15) is 9.18 Å². The van der Waals surface area contributed by atoms with E-state index in [1.54, 1.807) is 12.1 Å². The van der Waals surface area contributed by atoms with Gasteiger partial charge in [0.05, 0.1) is 6.54 Å². The van der Waals surface area contributed by atoms with Crippen LogP contribution in [0.2, 0.25) is 0 Å². The lowest BCUT2D eigenvalue weighted by Gasteiger charge is -2.32. The third-order valence-electron chi connectivity index (χ3n) is 5.11. The maximum atomic E-state index is 12.9. The van der Waals surface area contributed by atoms with E-state index in [1.807, 2.05) is 11.3 Å². The van der Waals surface area contributed by atoms with Crippen LogP contribution in [-0.4, -0.2) is 19.0 Å². The van der Waals surface area contributed by atoms with Crippen LogP contribution in [0.5, 0.6) is 0 Å². The highest BCUT2D eigenvalue weighted by atomic mass is 32.1. The number of halogens is 1. The summed E-state index contributed by atoms with van der Waals surface area (Å²) in [5.74, 6) is 0.582. The van der Waals surface area contributed by atoms with Crippen LogP contribution in [0.3, 0.4) is 0 Å². The fraction of sp³-hybridized carbons (Fsp3) is 0.421. The lowest BCUT2D eigenvalue weighted by Crippen LogP contribution is -3.14. The summed E-state index contributed by atoms with van der Waals surface area (Å²) >= 11 is 1.86. The van der Waals surface area contributed by atoms with Crippen LogP contribution in [-0.2, 0) is 17.8 Å². The Bertz CT molecular complexity index is 723. The monoisotopic (exact) mass is 345 g/mol. The maximum absolute atomic E-state index is 12.9. The third-order valence-corrected chi connectivity index (χ3v) is 6.11. The smallest absolute Gasteiger partial charge is 0.275 e. The Morgan fingerprint density at radius 2 is 2.04 bits per heavy atom. The molecule has 0 bridgehead atoms. The molecule has 1 fully saturated rings. The Morgan fingerprint density at radius 3 is 2.79 bits per heavy atom. The predicted octanol–water partition coefficient (Wildman–Crippen LogP) is 2.10. The summed E-state index contributed by atoms with van der Waals surface area (Å²) in [4.78, 5) is 15.3. The molecule has 1 aromatic carbocycles. The van der Waals surface area contributed by atoms with Gasteiger partial charge in [-0.1, -0.05) is 12.1 Å². The molecule has 3 nitrogen and oxygen atoms in total. The number of amides is 1. The molecule has 1 aliphatic carbocycles. The van der Waals surface area contributed by atoms with Crippen molar-refractivity contribution in [2.75, 3.05) is 13.1 Å². The van der Waals surface area contributed by atoms with Crippen LogP contribution in [0, 0.1) is 11.7 Å². The van der Waals surface area contributed by atoms with E-state index in [0.717, 1.165) is 24.4 Å². The molecule has 1 saturated carbocycles. The van der Waals surface area contributed by atoms with Crippen molar-refractivity contribution < 1.29 is 14.1 Å². The Balaban J connectivity index is 1.37. The number of hydrogen-bond acceptors (Lipinski definition) is 2. The summed E-state index contributed by atoms with van der Waals surface area (Å²) in [5, 5.41) is 5.18. The summed E-state index contributed by atoms with van der Waals surface area (Å²) in [6.45, 7) is 2.03. The van der Waals surface area contributed by atoms with Gasteiger partial charge in [0.1, 0.15) is 11.9 Å². The Hall–Kier alpha value is -1.72. The van der Waals surface area contributed by atoms with Crippen molar-refractivity contribution in [1.29, 1.82) is 0 Å². The molecule has 1 aromatic heterocycles. The Morgan fingerprint density at radius 1 is 1.25 bits per heavy atom. The molecular formula is C19H22FN2OS+. The van der Waals surface area contributed by atoms with Gasteiger partial charge in [0.25, 0.3) is 5.91 Å². The highest BCUT2D eigenvalue weighted by Gasteiger charge is 2.43. The molecule has 0 spiro atoms. The largest absolute Gasteiger partial charge is 0.347 e. The molecule has 0 radical (unpaired) electrons. The zero-order chi connectivity index (χ0) is 16.5. The summed E-state index contributed by atoms with van der Waals surface area (Å²) in [7, 11) is 0. The van der Waals surface area contributed by atoms with Gasteiger partial charge in [0, 0.05) is 29.3 Å². The standard InChI is InChI=1S/C19H21FN2OS/c20-15-5-1-13(2-6-15)11-21-18(23)12-22-9-7-17-16(8-10-24-17)19(22)14-3-4-14/h1-2,5-6,8,10,14,19H,3-4,7,9,11-12H2,(H,21,23)/p+1/t19-/m0/s1. The minimum Gasteiger partial charge on any atom is -0.347 e. The van der Waals surface area contributed by atoms with Crippen molar-refractivity contribution in [3.63, 3.8) is 0 Å². The van der Waals surface area contributed by atoms with Crippen LogP contribution in [0.4, 0.5) is 4.39 Å². The van der Waals surface area contributed by atoms with E-state index in [2.05, 4.69) is 16.8 Å². The topological polar surface area (TPSA) is 33.5 Å². The first kappa shape index (κ1) is 15.8. The van der Waals surface area contributed by atoms with Crippen molar-refractivity contribution in [2.24, 2.45) is 5.92 Å². The summed E-state index contributed by atoms with van der Waals surface area (Å²) in [6.07, 6.45) is 3.66. The zero-order valence-electron chi connectivity index (χ0n) is 13.6.